The number of carbonyl (C=O) groups excluding carboxylic acids is 1. The minimum Gasteiger partial charge on any atom is -0.497 e. The molecule has 0 aliphatic heterocycles. The lowest BCUT2D eigenvalue weighted by atomic mass is 9.90. The fourth-order valence-corrected chi connectivity index (χ4v) is 4.50. The van der Waals surface area contributed by atoms with E-state index >= 15 is 0 Å². The Kier molecular flexibility index (Phi) is 5.25. The summed E-state index contributed by atoms with van der Waals surface area (Å²) in [6.45, 7) is 0. The number of hydrogen-bond acceptors (Lipinski definition) is 6. The van der Waals surface area contributed by atoms with Crippen LogP contribution in [-0.4, -0.2) is 30.1 Å². The number of ether oxygens (including phenoxy) is 2. The maximum Gasteiger partial charge on any atom is 0.227 e. The summed E-state index contributed by atoms with van der Waals surface area (Å²) in [6, 6.07) is 11.2. The van der Waals surface area contributed by atoms with E-state index in [-0.39, 0.29) is 11.8 Å². The van der Waals surface area contributed by atoms with E-state index in [2.05, 4.69) is 10.3 Å². The molecule has 7 heteroatoms. The molecule has 1 amide bonds. The van der Waals surface area contributed by atoms with Gasteiger partial charge in [-0.15, -0.1) is 11.3 Å². The zero-order chi connectivity index (χ0) is 19.5. The van der Waals surface area contributed by atoms with Crippen LogP contribution in [0.4, 0.5) is 5.69 Å². The fourth-order valence-electron chi connectivity index (χ4n) is 3.33. The topological polar surface area (TPSA) is 73.3 Å². The second-order valence-corrected chi connectivity index (χ2v) is 7.68. The number of nitrogens with zero attached hydrogens (tertiary/aromatic N) is 2. The normalized spacial score (nSPS) is 15.6. The summed E-state index contributed by atoms with van der Waals surface area (Å²) in [5.74, 6) is 1.18. The summed E-state index contributed by atoms with van der Waals surface area (Å²) in [4.78, 5) is 23.1. The van der Waals surface area contributed by atoms with Gasteiger partial charge in [-0.3, -0.25) is 9.78 Å². The van der Waals surface area contributed by atoms with E-state index in [9.17, 15) is 4.79 Å². The largest absolute Gasteiger partial charge is 0.497 e. The van der Waals surface area contributed by atoms with Gasteiger partial charge in [-0.2, -0.15) is 0 Å². The summed E-state index contributed by atoms with van der Waals surface area (Å²) < 4.78 is 10.6. The molecule has 1 unspecified atom stereocenters. The van der Waals surface area contributed by atoms with Crippen LogP contribution in [-0.2, 0) is 17.6 Å². The van der Waals surface area contributed by atoms with Gasteiger partial charge in [0.2, 0.25) is 5.91 Å². The Hall–Kier alpha value is -2.93. The second-order valence-electron chi connectivity index (χ2n) is 6.60. The van der Waals surface area contributed by atoms with Crippen LogP contribution >= 0.6 is 11.3 Å². The molecule has 1 aliphatic carbocycles. The van der Waals surface area contributed by atoms with Crippen LogP contribution in [0.1, 0.15) is 17.0 Å². The van der Waals surface area contributed by atoms with Crippen molar-refractivity contribution < 1.29 is 14.3 Å². The van der Waals surface area contributed by atoms with E-state index < -0.39 is 0 Å². The molecule has 1 aromatic carbocycles. The summed E-state index contributed by atoms with van der Waals surface area (Å²) >= 11 is 1.63. The van der Waals surface area contributed by atoms with Crippen LogP contribution in [0.15, 0.2) is 42.6 Å². The van der Waals surface area contributed by atoms with Gasteiger partial charge in [0, 0.05) is 23.1 Å². The summed E-state index contributed by atoms with van der Waals surface area (Å²) in [7, 11) is 3.18. The van der Waals surface area contributed by atoms with Crippen molar-refractivity contribution in [3.05, 3.63) is 53.2 Å². The van der Waals surface area contributed by atoms with E-state index in [1.165, 1.54) is 4.88 Å². The number of benzene rings is 1. The molecule has 3 aromatic rings. The van der Waals surface area contributed by atoms with Gasteiger partial charge in [0.05, 0.1) is 31.3 Å². The number of anilines is 1. The molecule has 0 fully saturated rings. The predicted octanol–water partition coefficient (Wildman–Crippen LogP) is 3.97. The monoisotopic (exact) mass is 395 g/mol. The Morgan fingerprint density at radius 1 is 1.21 bits per heavy atom. The van der Waals surface area contributed by atoms with E-state index in [0.717, 1.165) is 29.2 Å². The molecule has 2 aromatic heterocycles. The number of carbonyl (C=O) groups is 1. The van der Waals surface area contributed by atoms with E-state index in [1.807, 2.05) is 18.2 Å². The Morgan fingerprint density at radius 3 is 2.86 bits per heavy atom. The Labute approximate surface area is 167 Å². The third kappa shape index (κ3) is 3.71. The Morgan fingerprint density at radius 2 is 2.11 bits per heavy atom. The van der Waals surface area contributed by atoms with Gasteiger partial charge >= 0.3 is 0 Å². The van der Waals surface area contributed by atoms with Gasteiger partial charge < -0.3 is 14.8 Å². The molecule has 4 rings (SSSR count). The number of amides is 1. The summed E-state index contributed by atoms with van der Waals surface area (Å²) in [5.41, 5.74) is 2.63. The predicted molar refractivity (Wildman–Crippen MR) is 109 cm³/mol. The van der Waals surface area contributed by atoms with Crippen molar-refractivity contribution in [2.24, 2.45) is 5.92 Å². The van der Waals surface area contributed by atoms with Gasteiger partial charge in [-0.25, -0.2) is 4.98 Å². The first-order chi connectivity index (χ1) is 13.7. The van der Waals surface area contributed by atoms with Crippen LogP contribution in [0.3, 0.4) is 0 Å². The highest BCUT2D eigenvalue weighted by Crippen LogP contribution is 2.35. The quantitative estimate of drug-likeness (QED) is 0.708. The van der Waals surface area contributed by atoms with Crippen molar-refractivity contribution in [1.29, 1.82) is 0 Å². The molecular formula is C21H21N3O3S. The van der Waals surface area contributed by atoms with Crippen molar-refractivity contribution in [3.63, 3.8) is 0 Å². The van der Waals surface area contributed by atoms with Crippen LogP contribution < -0.4 is 14.8 Å². The van der Waals surface area contributed by atoms with E-state index in [1.54, 1.807) is 50.0 Å². The Balaban J connectivity index is 1.49. The van der Waals surface area contributed by atoms with E-state index in [4.69, 9.17) is 14.5 Å². The molecule has 0 radical (unpaired) electrons. The highest BCUT2D eigenvalue weighted by atomic mass is 32.1. The maximum absolute atomic E-state index is 12.9. The zero-order valence-electron chi connectivity index (χ0n) is 15.8. The number of methoxy groups -OCH3 is 2. The zero-order valence-corrected chi connectivity index (χ0v) is 16.6. The second kappa shape index (κ2) is 7.98. The molecule has 0 saturated carbocycles. The van der Waals surface area contributed by atoms with Gasteiger partial charge in [-0.1, -0.05) is 6.07 Å². The number of hydrogen-bond donors (Lipinski definition) is 1. The lowest BCUT2D eigenvalue weighted by molar-refractivity contribution is -0.120. The average molecular weight is 395 g/mol. The maximum atomic E-state index is 12.9. The van der Waals surface area contributed by atoms with Crippen molar-refractivity contribution in [2.45, 2.75) is 19.3 Å². The molecule has 1 aliphatic rings. The first-order valence-corrected chi connectivity index (χ1v) is 9.92. The van der Waals surface area contributed by atoms with Crippen LogP contribution in [0.25, 0.3) is 10.7 Å². The minimum absolute atomic E-state index is 0.00176. The number of rotatable bonds is 5. The van der Waals surface area contributed by atoms with Gasteiger partial charge in [0.1, 0.15) is 16.5 Å². The van der Waals surface area contributed by atoms with Gasteiger partial charge in [-0.05, 0) is 43.5 Å². The molecule has 0 saturated heterocycles. The molecule has 144 valence electrons. The molecule has 6 nitrogen and oxygen atoms in total. The lowest BCUT2D eigenvalue weighted by Crippen LogP contribution is -2.27. The molecule has 0 bridgehead atoms. The first kappa shape index (κ1) is 18.4. The molecule has 1 N–H and O–H groups in total. The molecule has 1 atom stereocenters. The third-order valence-corrected chi connectivity index (χ3v) is 6.00. The number of aryl methyl sites for hydroxylation is 1. The molecule has 0 spiro atoms. The molecule has 28 heavy (non-hydrogen) atoms. The third-order valence-electron chi connectivity index (χ3n) is 4.86. The van der Waals surface area contributed by atoms with Crippen molar-refractivity contribution in [1.82, 2.24) is 9.97 Å². The molecular weight excluding hydrogens is 374 g/mol. The van der Waals surface area contributed by atoms with Crippen molar-refractivity contribution in [2.75, 3.05) is 19.5 Å². The van der Waals surface area contributed by atoms with Gasteiger partial charge in [0.25, 0.3) is 0 Å². The highest BCUT2D eigenvalue weighted by molar-refractivity contribution is 7.15. The highest BCUT2D eigenvalue weighted by Gasteiger charge is 2.28. The van der Waals surface area contributed by atoms with Crippen LogP contribution in [0.2, 0.25) is 0 Å². The fraction of sp³-hybridized carbons (Fsp3) is 0.286. The number of aromatic nitrogens is 2. The first-order valence-electron chi connectivity index (χ1n) is 9.11. The summed E-state index contributed by atoms with van der Waals surface area (Å²) in [5, 5.41) is 3.92. The average Bonchev–Trinajstić information content (AvgIpc) is 3.18. The number of thiazole rings is 1. The Bertz CT molecular complexity index is 988. The van der Waals surface area contributed by atoms with Crippen molar-refractivity contribution >= 4 is 22.9 Å². The molecule has 2 heterocycles. The standard InChI is InChI=1S/C21H21N3O3S/c1-26-14-7-9-15(18(12-14)27-2)23-20(25)13-6-8-16-19(11-13)28-21(24-16)17-5-3-4-10-22-17/h3-5,7,9-10,12-13H,6,8,11H2,1-2H3,(H,23,25). The smallest absolute Gasteiger partial charge is 0.227 e. The van der Waals surface area contributed by atoms with Gasteiger partial charge in [0.15, 0.2) is 0 Å². The SMILES string of the molecule is COc1ccc(NC(=O)C2CCc3nc(-c4ccccn4)sc3C2)c(OC)c1. The van der Waals surface area contributed by atoms with E-state index in [0.29, 0.717) is 23.6 Å². The minimum atomic E-state index is -0.0867. The lowest BCUT2D eigenvalue weighted by Gasteiger charge is -2.21. The van der Waals surface area contributed by atoms with Crippen LogP contribution in [0.5, 0.6) is 11.5 Å². The van der Waals surface area contributed by atoms with Crippen LogP contribution in [0, 0.1) is 5.92 Å². The van der Waals surface area contributed by atoms with Crippen molar-refractivity contribution in [3.8, 4) is 22.2 Å². The number of nitrogens with one attached hydrogen (secondary N) is 1. The summed E-state index contributed by atoms with van der Waals surface area (Å²) in [6.07, 6.45) is 4.05. The number of pyridine rings is 1. The number of fused-ring (bicyclic) bond motifs is 1.